The zero-order valence-electron chi connectivity index (χ0n) is 10.9. The van der Waals surface area contributed by atoms with Gasteiger partial charge in [-0.2, -0.15) is 0 Å². The Balaban J connectivity index is 2.19. The normalized spacial score (nSPS) is 19.2. The Labute approximate surface area is 118 Å². The molecule has 2 rings (SSSR count). The number of nitrogens with zero attached hydrogens (tertiary/aromatic N) is 2. The van der Waals surface area contributed by atoms with Crippen LogP contribution >= 0.6 is 11.6 Å². The molecule has 19 heavy (non-hydrogen) atoms. The fraction of sp³-hybridized carbons (Fsp3) is 0.583. The minimum absolute atomic E-state index is 0.193. The van der Waals surface area contributed by atoms with E-state index >= 15 is 0 Å². The number of hydrogen-bond donors (Lipinski definition) is 1. The number of sulfone groups is 1. The molecule has 1 fully saturated rings. The third-order valence-electron chi connectivity index (χ3n) is 3.17. The van der Waals surface area contributed by atoms with E-state index in [0.29, 0.717) is 31.1 Å². The molecule has 0 aromatic carbocycles. The monoisotopic (exact) mass is 303 g/mol. The molecule has 0 spiro atoms. The largest absolute Gasteiger partial charge is 0.356 e. The van der Waals surface area contributed by atoms with Crippen molar-refractivity contribution in [3.05, 3.63) is 22.8 Å². The molecule has 1 N–H and O–H groups in total. The summed E-state index contributed by atoms with van der Waals surface area (Å²) in [4.78, 5) is 6.32. The first-order valence-electron chi connectivity index (χ1n) is 6.26. The van der Waals surface area contributed by atoms with Gasteiger partial charge in [0.1, 0.15) is 5.82 Å². The van der Waals surface area contributed by atoms with Crippen molar-refractivity contribution in [1.29, 1.82) is 0 Å². The van der Waals surface area contributed by atoms with E-state index in [2.05, 4.69) is 10.3 Å². The average Bonchev–Trinajstić information content (AvgIpc) is 2.53. The minimum Gasteiger partial charge on any atom is -0.356 e. The SMILES string of the molecule is CNCc1cc(N2CCCS(=O)(=O)CC2)ncc1Cl. The molecule has 0 bridgehead atoms. The van der Waals surface area contributed by atoms with Crippen molar-refractivity contribution in [1.82, 2.24) is 10.3 Å². The number of halogens is 1. The van der Waals surface area contributed by atoms with E-state index in [0.717, 1.165) is 11.4 Å². The molecule has 0 saturated carbocycles. The van der Waals surface area contributed by atoms with Gasteiger partial charge in [-0.3, -0.25) is 0 Å². The van der Waals surface area contributed by atoms with Crippen LogP contribution in [0.2, 0.25) is 5.02 Å². The van der Waals surface area contributed by atoms with Gasteiger partial charge >= 0.3 is 0 Å². The van der Waals surface area contributed by atoms with Gasteiger partial charge in [-0.15, -0.1) is 0 Å². The quantitative estimate of drug-likeness (QED) is 0.905. The maximum atomic E-state index is 11.6. The molecule has 0 radical (unpaired) electrons. The summed E-state index contributed by atoms with van der Waals surface area (Å²) >= 11 is 6.07. The van der Waals surface area contributed by atoms with Gasteiger partial charge in [0, 0.05) is 25.8 Å². The van der Waals surface area contributed by atoms with Crippen molar-refractivity contribution < 1.29 is 8.42 Å². The lowest BCUT2D eigenvalue weighted by atomic mass is 10.2. The molecule has 0 amide bonds. The van der Waals surface area contributed by atoms with Gasteiger partial charge in [-0.05, 0) is 25.1 Å². The van der Waals surface area contributed by atoms with Gasteiger partial charge in [-0.25, -0.2) is 13.4 Å². The molecule has 0 unspecified atom stereocenters. The molecule has 7 heteroatoms. The summed E-state index contributed by atoms with van der Waals surface area (Å²) in [5, 5.41) is 3.68. The van der Waals surface area contributed by atoms with Crippen LogP contribution in [0.15, 0.2) is 12.3 Å². The van der Waals surface area contributed by atoms with Gasteiger partial charge in [0.25, 0.3) is 0 Å². The molecular weight excluding hydrogens is 286 g/mol. The molecule has 1 aromatic rings. The number of nitrogens with one attached hydrogen (secondary N) is 1. The van der Waals surface area contributed by atoms with Crippen molar-refractivity contribution in [2.45, 2.75) is 13.0 Å². The van der Waals surface area contributed by atoms with Gasteiger partial charge in [0.15, 0.2) is 9.84 Å². The topological polar surface area (TPSA) is 62.3 Å². The van der Waals surface area contributed by atoms with Crippen LogP contribution in [-0.2, 0) is 16.4 Å². The molecule has 1 aliphatic rings. The second-order valence-electron chi connectivity index (χ2n) is 4.66. The highest BCUT2D eigenvalue weighted by atomic mass is 35.5. The van der Waals surface area contributed by atoms with Gasteiger partial charge < -0.3 is 10.2 Å². The summed E-state index contributed by atoms with van der Waals surface area (Å²) in [5.74, 6) is 1.26. The van der Waals surface area contributed by atoms with E-state index < -0.39 is 9.84 Å². The number of anilines is 1. The smallest absolute Gasteiger partial charge is 0.152 e. The third kappa shape index (κ3) is 3.81. The van der Waals surface area contributed by atoms with E-state index in [-0.39, 0.29) is 11.5 Å². The number of aromatic nitrogens is 1. The Morgan fingerprint density at radius 2 is 2.21 bits per heavy atom. The first-order valence-corrected chi connectivity index (χ1v) is 8.46. The number of hydrogen-bond acceptors (Lipinski definition) is 5. The van der Waals surface area contributed by atoms with Crippen LogP contribution in [0.25, 0.3) is 0 Å². The molecule has 1 aromatic heterocycles. The van der Waals surface area contributed by atoms with Gasteiger partial charge in [0.05, 0.1) is 16.5 Å². The highest BCUT2D eigenvalue weighted by molar-refractivity contribution is 7.91. The zero-order valence-corrected chi connectivity index (χ0v) is 12.5. The summed E-state index contributed by atoms with van der Waals surface area (Å²) in [5.41, 5.74) is 0.973. The van der Waals surface area contributed by atoms with Crippen molar-refractivity contribution in [3.8, 4) is 0 Å². The molecular formula is C12H18ClN3O2S. The second-order valence-corrected chi connectivity index (χ2v) is 7.37. The van der Waals surface area contributed by atoms with Crippen LogP contribution in [0.4, 0.5) is 5.82 Å². The first kappa shape index (κ1) is 14.6. The van der Waals surface area contributed by atoms with Gasteiger partial charge in [-0.1, -0.05) is 11.6 Å². The maximum absolute atomic E-state index is 11.6. The van der Waals surface area contributed by atoms with Crippen LogP contribution in [0, 0.1) is 0 Å². The first-order chi connectivity index (χ1) is 9.02. The summed E-state index contributed by atoms with van der Waals surface area (Å²) in [6, 6.07) is 1.93. The fourth-order valence-electron chi connectivity index (χ4n) is 2.13. The standard InChI is InChI=1S/C12H18ClN3O2S/c1-14-8-10-7-12(15-9-11(10)13)16-3-2-5-19(17,18)6-4-16/h7,9,14H,2-6,8H2,1H3. The predicted octanol–water partition coefficient (Wildman–Crippen LogP) is 1.08. The molecule has 0 atom stereocenters. The van der Waals surface area contributed by atoms with Crippen molar-refractivity contribution in [3.63, 3.8) is 0 Å². The zero-order chi connectivity index (χ0) is 13.9. The van der Waals surface area contributed by atoms with Crippen LogP contribution in [0.3, 0.4) is 0 Å². The maximum Gasteiger partial charge on any atom is 0.152 e. The van der Waals surface area contributed by atoms with E-state index in [1.54, 1.807) is 6.20 Å². The minimum atomic E-state index is -2.90. The molecule has 0 aliphatic carbocycles. The Hall–Kier alpha value is -0.850. The number of rotatable bonds is 3. The van der Waals surface area contributed by atoms with Gasteiger partial charge in [0.2, 0.25) is 0 Å². The van der Waals surface area contributed by atoms with E-state index in [1.165, 1.54) is 0 Å². The van der Waals surface area contributed by atoms with E-state index in [9.17, 15) is 8.42 Å². The average molecular weight is 304 g/mol. The summed E-state index contributed by atoms with van der Waals surface area (Å²) in [6.07, 6.45) is 2.27. The molecule has 1 aliphatic heterocycles. The van der Waals surface area contributed by atoms with E-state index in [4.69, 9.17) is 11.6 Å². The number of pyridine rings is 1. The predicted molar refractivity (Wildman–Crippen MR) is 77.5 cm³/mol. The third-order valence-corrected chi connectivity index (χ3v) is 5.22. The lowest BCUT2D eigenvalue weighted by Crippen LogP contribution is -2.27. The Morgan fingerprint density at radius 1 is 1.42 bits per heavy atom. The molecule has 5 nitrogen and oxygen atoms in total. The highest BCUT2D eigenvalue weighted by Crippen LogP contribution is 2.21. The Bertz CT molecular complexity index is 548. The van der Waals surface area contributed by atoms with Crippen molar-refractivity contribution in [2.75, 3.05) is 36.5 Å². The van der Waals surface area contributed by atoms with Crippen molar-refractivity contribution in [2.24, 2.45) is 0 Å². The lowest BCUT2D eigenvalue weighted by Gasteiger charge is -2.21. The van der Waals surface area contributed by atoms with Crippen LogP contribution < -0.4 is 10.2 Å². The molecule has 106 valence electrons. The van der Waals surface area contributed by atoms with E-state index in [1.807, 2.05) is 18.0 Å². The fourth-order valence-corrected chi connectivity index (χ4v) is 3.58. The highest BCUT2D eigenvalue weighted by Gasteiger charge is 2.20. The second kappa shape index (κ2) is 6.07. The molecule has 2 heterocycles. The molecule has 1 saturated heterocycles. The summed E-state index contributed by atoms with van der Waals surface area (Å²) in [6.45, 7) is 1.88. The summed E-state index contributed by atoms with van der Waals surface area (Å²) in [7, 11) is -1.04. The lowest BCUT2D eigenvalue weighted by molar-refractivity contribution is 0.597. The Morgan fingerprint density at radius 3 is 2.95 bits per heavy atom. The van der Waals surface area contributed by atoms with Crippen LogP contribution in [0.5, 0.6) is 0 Å². The van der Waals surface area contributed by atoms with Crippen LogP contribution in [0.1, 0.15) is 12.0 Å². The summed E-state index contributed by atoms with van der Waals surface area (Å²) < 4.78 is 23.2. The Kier molecular flexibility index (Phi) is 4.65. The van der Waals surface area contributed by atoms with Crippen molar-refractivity contribution >= 4 is 27.3 Å². The van der Waals surface area contributed by atoms with Crippen LogP contribution in [-0.4, -0.2) is 45.0 Å².